The Hall–Kier alpha value is -3.66. The summed E-state index contributed by atoms with van der Waals surface area (Å²) in [5, 5.41) is 23.0. The summed E-state index contributed by atoms with van der Waals surface area (Å²) in [5.41, 5.74) is 1.21. The van der Waals surface area contributed by atoms with E-state index in [9.17, 15) is 14.4 Å². The molecule has 3 rings (SSSR count). The largest absolute Gasteiger partial charge is 0.478 e. The third-order valence-corrected chi connectivity index (χ3v) is 5.14. The molecule has 0 radical (unpaired) electrons. The highest BCUT2D eigenvalue weighted by Crippen LogP contribution is 2.17. The van der Waals surface area contributed by atoms with Gasteiger partial charge in [-0.1, -0.05) is 30.0 Å². The van der Waals surface area contributed by atoms with Crippen molar-refractivity contribution in [3.05, 3.63) is 71.5 Å². The lowest BCUT2D eigenvalue weighted by Gasteiger charge is -2.07. The average Bonchev–Trinajstić information content (AvgIpc) is 3.11. The van der Waals surface area contributed by atoms with Gasteiger partial charge in [0.05, 0.1) is 17.9 Å². The number of nitrogens with zero attached hydrogens (tertiary/aromatic N) is 3. The number of benzene rings is 2. The third kappa shape index (κ3) is 5.45. The van der Waals surface area contributed by atoms with Crippen LogP contribution >= 0.6 is 11.8 Å². The van der Waals surface area contributed by atoms with Crippen molar-refractivity contribution in [1.82, 2.24) is 20.1 Å². The van der Waals surface area contributed by atoms with Gasteiger partial charge in [0, 0.05) is 18.3 Å². The Labute approximate surface area is 176 Å². The van der Waals surface area contributed by atoms with Gasteiger partial charge in [-0.25, -0.2) is 4.79 Å². The summed E-state index contributed by atoms with van der Waals surface area (Å²) in [5.74, 6) is -0.831. The predicted octanol–water partition coefficient (Wildman–Crippen LogP) is 2.17. The number of aromatic nitrogens is 3. The quantitative estimate of drug-likeness (QED) is 0.472. The maximum absolute atomic E-state index is 12.1. The molecule has 3 N–H and O–H groups in total. The third-order valence-electron chi connectivity index (χ3n) is 4.12. The lowest BCUT2D eigenvalue weighted by molar-refractivity contribution is -0.113. The molecule has 2 aromatic carbocycles. The smallest absolute Gasteiger partial charge is 0.335 e. The Kier molecular flexibility index (Phi) is 6.81. The van der Waals surface area contributed by atoms with Crippen LogP contribution in [0, 0.1) is 0 Å². The van der Waals surface area contributed by atoms with E-state index in [0.717, 1.165) is 0 Å². The number of rotatable bonds is 8. The van der Waals surface area contributed by atoms with E-state index < -0.39 is 5.97 Å². The maximum Gasteiger partial charge on any atom is 0.335 e. The Morgan fingerprint density at radius 2 is 1.70 bits per heavy atom. The topological polar surface area (TPSA) is 126 Å². The van der Waals surface area contributed by atoms with Crippen molar-refractivity contribution in [2.45, 2.75) is 11.7 Å². The van der Waals surface area contributed by atoms with E-state index in [2.05, 4.69) is 20.8 Å². The lowest BCUT2D eigenvalue weighted by Crippen LogP contribution is -2.24. The van der Waals surface area contributed by atoms with Crippen molar-refractivity contribution in [2.75, 3.05) is 11.1 Å². The second-order valence-corrected chi connectivity index (χ2v) is 7.17. The molecule has 0 unspecified atom stereocenters. The van der Waals surface area contributed by atoms with Gasteiger partial charge in [-0.05, 0) is 36.4 Å². The van der Waals surface area contributed by atoms with E-state index >= 15 is 0 Å². The number of nitrogens with one attached hydrogen (secondary N) is 2. The second kappa shape index (κ2) is 9.70. The monoisotopic (exact) mass is 425 g/mol. The number of carbonyl (C=O) groups is 3. The first-order chi connectivity index (χ1) is 14.4. The summed E-state index contributed by atoms with van der Waals surface area (Å²) in [6.07, 6.45) is 0. The van der Waals surface area contributed by atoms with Crippen molar-refractivity contribution in [1.29, 1.82) is 0 Å². The average molecular weight is 425 g/mol. The summed E-state index contributed by atoms with van der Waals surface area (Å²) >= 11 is 1.20. The van der Waals surface area contributed by atoms with Gasteiger partial charge in [0.15, 0.2) is 11.0 Å². The molecule has 0 bridgehead atoms. The number of aromatic carboxylic acids is 1. The highest BCUT2D eigenvalue weighted by molar-refractivity contribution is 7.99. The minimum Gasteiger partial charge on any atom is -0.478 e. The Morgan fingerprint density at radius 1 is 1.00 bits per heavy atom. The highest BCUT2D eigenvalue weighted by atomic mass is 32.2. The van der Waals surface area contributed by atoms with Crippen LogP contribution in [-0.4, -0.2) is 43.4 Å². The Balaban J connectivity index is 1.50. The van der Waals surface area contributed by atoms with Crippen LogP contribution in [0.15, 0.2) is 59.8 Å². The summed E-state index contributed by atoms with van der Waals surface area (Å²) < 4.78 is 1.71. The fourth-order valence-corrected chi connectivity index (χ4v) is 3.23. The molecular weight excluding hydrogens is 406 g/mol. The molecule has 10 heteroatoms. The summed E-state index contributed by atoms with van der Waals surface area (Å²) in [4.78, 5) is 35.1. The van der Waals surface area contributed by atoms with Crippen LogP contribution in [0.1, 0.15) is 26.5 Å². The highest BCUT2D eigenvalue weighted by Gasteiger charge is 2.13. The number of thioether (sulfide) groups is 1. The van der Waals surface area contributed by atoms with E-state index in [-0.39, 0.29) is 29.7 Å². The van der Waals surface area contributed by atoms with Crippen LogP contribution < -0.4 is 10.6 Å². The first kappa shape index (κ1) is 21.1. The molecule has 0 saturated heterocycles. The molecule has 0 spiro atoms. The number of amides is 2. The molecule has 0 aliphatic carbocycles. The number of carboxylic acid groups (broad SMARTS) is 1. The molecule has 154 valence electrons. The first-order valence-electron chi connectivity index (χ1n) is 8.91. The van der Waals surface area contributed by atoms with Crippen LogP contribution in [0.5, 0.6) is 0 Å². The second-order valence-electron chi connectivity index (χ2n) is 6.23. The predicted molar refractivity (Wildman–Crippen MR) is 111 cm³/mol. The zero-order chi connectivity index (χ0) is 21.5. The normalized spacial score (nSPS) is 10.4. The molecule has 1 aromatic heterocycles. The molecule has 9 nitrogen and oxygen atoms in total. The number of carboxylic acids is 1. The van der Waals surface area contributed by atoms with E-state index in [4.69, 9.17) is 5.11 Å². The molecule has 0 fully saturated rings. The minimum absolute atomic E-state index is 0.100. The number of hydrogen-bond donors (Lipinski definition) is 3. The summed E-state index contributed by atoms with van der Waals surface area (Å²) in [7, 11) is 1.76. The van der Waals surface area contributed by atoms with Gasteiger partial charge in [-0.3, -0.25) is 9.59 Å². The fraction of sp³-hybridized carbons (Fsp3) is 0.150. The molecule has 0 aliphatic heterocycles. The van der Waals surface area contributed by atoms with Crippen LogP contribution in [0.2, 0.25) is 0 Å². The maximum atomic E-state index is 12.1. The SMILES string of the molecule is Cn1c(CNC(=O)c2ccccc2)nnc1SCC(=O)Nc1ccc(C(=O)O)cc1. The number of hydrogen-bond acceptors (Lipinski definition) is 6. The Bertz CT molecular complexity index is 1050. The van der Waals surface area contributed by atoms with E-state index in [1.165, 1.54) is 36.0 Å². The summed E-state index contributed by atoms with van der Waals surface area (Å²) in [6.45, 7) is 0.208. The van der Waals surface area contributed by atoms with Gasteiger partial charge in [0.25, 0.3) is 5.91 Å². The van der Waals surface area contributed by atoms with Gasteiger partial charge < -0.3 is 20.3 Å². The Morgan fingerprint density at radius 3 is 2.37 bits per heavy atom. The first-order valence-corrected chi connectivity index (χ1v) is 9.90. The van der Waals surface area contributed by atoms with Crippen molar-refractivity contribution >= 4 is 35.2 Å². The fourth-order valence-electron chi connectivity index (χ4n) is 2.50. The minimum atomic E-state index is -1.03. The van der Waals surface area contributed by atoms with Crippen LogP contribution in [0.25, 0.3) is 0 Å². The van der Waals surface area contributed by atoms with Crippen LogP contribution in [-0.2, 0) is 18.4 Å². The molecule has 30 heavy (non-hydrogen) atoms. The van der Waals surface area contributed by atoms with Crippen LogP contribution in [0.4, 0.5) is 5.69 Å². The van der Waals surface area contributed by atoms with Crippen LogP contribution in [0.3, 0.4) is 0 Å². The van der Waals surface area contributed by atoms with Gasteiger partial charge in [0.1, 0.15) is 0 Å². The standard InChI is InChI=1S/C20H19N5O4S/c1-25-16(11-21-18(27)13-5-3-2-4-6-13)23-24-20(25)30-12-17(26)22-15-9-7-14(8-10-15)19(28)29/h2-10H,11-12H2,1H3,(H,21,27)(H,22,26)(H,28,29). The molecule has 2 amide bonds. The van der Waals surface area contributed by atoms with Crippen molar-refractivity contribution in [3.63, 3.8) is 0 Å². The molecule has 0 aliphatic rings. The van der Waals surface area contributed by atoms with Gasteiger partial charge in [-0.15, -0.1) is 10.2 Å². The zero-order valence-corrected chi connectivity index (χ0v) is 16.8. The van der Waals surface area contributed by atoms with E-state index in [1.807, 2.05) is 6.07 Å². The van der Waals surface area contributed by atoms with Gasteiger partial charge in [0.2, 0.25) is 5.91 Å². The number of carbonyl (C=O) groups excluding carboxylic acids is 2. The lowest BCUT2D eigenvalue weighted by atomic mass is 10.2. The van der Waals surface area contributed by atoms with E-state index in [0.29, 0.717) is 22.2 Å². The van der Waals surface area contributed by atoms with Crippen molar-refractivity contribution < 1.29 is 19.5 Å². The molecule has 3 aromatic rings. The summed E-state index contributed by atoms with van der Waals surface area (Å²) in [6, 6.07) is 14.8. The van der Waals surface area contributed by atoms with Gasteiger partial charge >= 0.3 is 5.97 Å². The molecule has 0 atom stereocenters. The van der Waals surface area contributed by atoms with Crippen molar-refractivity contribution in [2.24, 2.45) is 7.05 Å². The van der Waals surface area contributed by atoms with E-state index in [1.54, 1.807) is 35.9 Å². The molecule has 0 saturated carbocycles. The molecule has 1 heterocycles. The molecular formula is C20H19N5O4S. The van der Waals surface area contributed by atoms with Crippen molar-refractivity contribution in [3.8, 4) is 0 Å². The number of anilines is 1. The zero-order valence-electron chi connectivity index (χ0n) is 16.0. The van der Waals surface area contributed by atoms with Gasteiger partial charge in [-0.2, -0.15) is 0 Å².